The summed E-state index contributed by atoms with van der Waals surface area (Å²) >= 11 is 0. The van der Waals surface area contributed by atoms with Crippen LogP contribution in [-0.4, -0.2) is 48.9 Å². The van der Waals surface area contributed by atoms with Crippen molar-refractivity contribution in [2.75, 3.05) is 27.2 Å². The van der Waals surface area contributed by atoms with Crippen LogP contribution in [0.1, 0.15) is 38.5 Å². The summed E-state index contributed by atoms with van der Waals surface area (Å²) in [7, 11) is 4.22. The summed E-state index contributed by atoms with van der Waals surface area (Å²) in [5.74, 6) is 2.41. The van der Waals surface area contributed by atoms with Gasteiger partial charge in [-0.15, -0.1) is 0 Å². The van der Waals surface area contributed by atoms with Crippen molar-refractivity contribution in [1.82, 2.24) is 9.80 Å². The molecule has 1 heterocycles. The Bertz CT molecular complexity index is 322. The molecule has 3 nitrogen and oxygen atoms in total. The smallest absolute Gasteiger partial charge is 0.225 e. The van der Waals surface area contributed by atoms with Crippen molar-refractivity contribution in [2.45, 2.75) is 44.6 Å². The first-order chi connectivity index (χ1) is 8.65. The van der Waals surface area contributed by atoms with Crippen molar-refractivity contribution in [2.24, 2.45) is 17.8 Å². The maximum absolute atomic E-state index is 12.6. The predicted octanol–water partition coefficient (Wildman–Crippen LogP) is 1.98. The third-order valence-corrected chi connectivity index (χ3v) is 5.64. The lowest BCUT2D eigenvalue weighted by Gasteiger charge is -2.37. The van der Waals surface area contributed by atoms with Gasteiger partial charge in [-0.25, -0.2) is 0 Å². The monoisotopic (exact) mass is 250 g/mol. The van der Waals surface area contributed by atoms with Crippen LogP contribution in [0.15, 0.2) is 0 Å². The Morgan fingerprint density at radius 1 is 1.11 bits per heavy atom. The van der Waals surface area contributed by atoms with Crippen molar-refractivity contribution in [3.63, 3.8) is 0 Å². The topological polar surface area (TPSA) is 23.6 Å². The van der Waals surface area contributed by atoms with Crippen LogP contribution < -0.4 is 0 Å². The molecular formula is C15H26N2O. The van der Waals surface area contributed by atoms with Crippen LogP contribution in [0.5, 0.6) is 0 Å². The quantitative estimate of drug-likeness (QED) is 0.748. The van der Waals surface area contributed by atoms with Crippen LogP contribution in [-0.2, 0) is 4.79 Å². The van der Waals surface area contributed by atoms with E-state index in [1.165, 1.54) is 25.7 Å². The second-order valence-corrected chi connectivity index (χ2v) is 6.76. The zero-order valence-electron chi connectivity index (χ0n) is 11.8. The van der Waals surface area contributed by atoms with E-state index in [-0.39, 0.29) is 0 Å². The number of likely N-dealkylation sites (tertiary alicyclic amines) is 1. The molecule has 0 aromatic heterocycles. The fraction of sp³-hybridized carbons (Fsp3) is 0.933. The molecule has 2 bridgehead atoms. The molecule has 3 fully saturated rings. The maximum Gasteiger partial charge on any atom is 0.225 e. The highest BCUT2D eigenvalue weighted by Gasteiger charge is 2.44. The highest BCUT2D eigenvalue weighted by molar-refractivity contribution is 5.79. The fourth-order valence-corrected chi connectivity index (χ4v) is 4.37. The molecule has 1 saturated heterocycles. The molecule has 3 unspecified atom stereocenters. The fourth-order valence-electron chi connectivity index (χ4n) is 4.37. The van der Waals surface area contributed by atoms with Crippen molar-refractivity contribution in [3.8, 4) is 0 Å². The number of fused-ring (bicyclic) bond motifs is 2. The zero-order chi connectivity index (χ0) is 12.7. The molecule has 3 rings (SSSR count). The second-order valence-electron chi connectivity index (χ2n) is 6.76. The Kier molecular flexibility index (Phi) is 3.35. The van der Waals surface area contributed by atoms with Gasteiger partial charge in [0.1, 0.15) is 0 Å². The van der Waals surface area contributed by atoms with Gasteiger partial charge in [-0.3, -0.25) is 4.79 Å². The van der Waals surface area contributed by atoms with Gasteiger partial charge in [0, 0.05) is 19.0 Å². The summed E-state index contributed by atoms with van der Waals surface area (Å²) < 4.78 is 0. The molecule has 2 aliphatic carbocycles. The SMILES string of the molecule is CN1CCC(N(C)C(=O)C2CC3CCC2C3)CC1. The Labute approximate surface area is 111 Å². The number of hydrogen-bond acceptors (Lipinski definition) is 2. The van der Waals surface area contributed by atoms with Gasteiger partial charge in [0.2, 0.25) is 5.91 Å². The van der Waals surface area contributed by atoms with Crippen LogP contribution >= 0.6 is 0 Å². The van der Waals surface area contributed by atoms with Crippen LogP contribution in [0.4, 0.5) is 0 Å². The zero-order valence-corrected chi connectivity index (χ0v) is 11.8. The number of carbonyl (C=O) groups excluding carboxylic acids is 1. The lowest BCUT2D eigenvalue weighted by molar-refractivity contribution is -0.138. The average Bonchev–Trinajstić information content (AvgIpc) is 3.00. The molecule has 0 aromatic carbocycles. The van der Waals surface area contributed by atoms with E-state index in [0.29, 0.717) is 17.9 Å². The summed E-state index contributed by atoms with van der Waals surface area (Å²) in [6.45, 7) is 2.28. The summed E-state index contributed by atoms with van der Waals surface area (Å²) in [4.78, 5) is 17.1. The van der Waals surface area contributed by atoms with Gasteiger partial charge in [-0.05, 0) is 64.1 Å². The van der Waals surface area contributed by atoms with E-state index in [1.54, 1.807) is 0 Å². The summed E-state index contributed by atoms with van der Waals surface area (Å²) in [5.41, 5.74) is 0. The van der Waals surface area contributed by atoms with Crippen LogP contribution in [0.2, 0.25) is 0 Å². The number of piperidine rings is 1. The van der Waals surface area contributed by atoms with E-state index in [4.69, 9.17) is 0 Å². The molecule has 1 amide bonds. The molecule has 102 valence electrons. The Balaban J connectivity index is 1.59. The molecule has 1 aliphatic heterocycles. The number of hydrogen-bond donors (Lipinski definition) is 0. The molecule has 18 heavy (non-hydrogen) atoms. The van der Waals surface area contributed by atoms with Gasteiger partial charge in [0.05, 0.1) is 0 Å². The molecule has 0 spiro atoms. The van der Waals surface area contributed by atoms with E-state index in [2.05, 4.69) is 16.8 Å². The molecule has 0 N–H and O–H groups in total. The Hall–Kier alpha value is -0.570. The van der Waals surface area contributed by atoms with Gasteiger partial charge < -0.3 is 9.80 Å². The minimum absolute atomic E-state index is 0.369. The summed E-state index contributed by atoms with van der Waals surface area (Å²) in [6.07, 6.45) is 7.51. The van der Waals surface area contributed by atoms with Crippen molar-refractivity contribution in [3.05, 3.63) is 0 Å². The first kappa shape index (κ1) is 12.5. The van der Waals surface area contributed by atoms with Gasteiger partial charge in [0.25, 0.3) is 0 Å². The van der Waals surface area contributed by atoms with Crippen molar-refractivity contribution in [1.29, 1.82) is 0 Å². The normalized spacial score (nSPS) is 37.1. The third kappa shape index (κ3) is 2.18. The van der Waals surface area contributed by atoms with E-state index in [1.807, 2.05) is 7.05 Å². The first-order valence-corrected chi connectivity index (χ1v) is 7.60. The van der Waals surface area contributed by atoms with E-state index in [9.17, 15) is 4.79 Å². The van der Waals surface area contributed by atoms with E-state index in [0.717, 1.165) is 37.8 Å². The summed E-state index contributed by atoms with van der Waals surface area (Å²) in [5, 5.41) is 0. The number of carbonyl (C=O) groups is 1. The largest absolute Gasteiger partial charge is 0.342 e. The van der Waals surface area contributed by atoms with Crippen molar-refractivity contribution < 1.29 is 4.79 Å². The molecule has 3 aliphatic rings. The third-order valence-electron chi connectivity index (χ3n) is 5.64. The molecule has 0 radical (unpaired) electrons. The van der Waals surface area contributed by atoms with Crippen LogP contribution in [0, 0.1) is 17.8 Å². The van der Waals surface area contributed by atoms with E-state index >= 15 is 0 Å². The molecule has 0 aromatic rings. The minimum atomic E-state index is 0.369. The van der Waals surface area contributed by atoms with E-state index < -0.39 is 0 Å². The highest BCUT2D eigenvalue weighted by atomic mass is 16.2. The minimum Gasteiger partial charge on any atom is -0.342 e. The lowest BCUT2D eigenvalue weighted by Crippen LogP contribution is -2.47. The Morgan fingerprint density at radius 3 is 2.39 bits per heavy atom. The van der Waals surface area contributed by atoms with Gasteiger partial charge >= 0.3 is 0 Å². The number of rotatable bonds is 2. The molecule has 3 atom stereocenters. The summed E-state index contributed by atoms with van der Waals surface area (Å²) in [6, 6.07) is 0.493. The number of amides is 1. The van der Waals surface area contributed by atoms with Gasteiger partial charge in [-0.2, -0.15) is 0 Å². The van der Waals surface area contributed by atoms with Crippen LogP contribution in [0.25, 0.3) is 0 Å². The Morgan fingerprint density at radius 2 is 1.83 bits per heavy atom. The average molecular weight is 250 g/mol. The predicted molar refractivity (Wildman–Crippen MR) is 72.2 cm³/mol. The lowest BCUT2D eigenvalue weighted by atomic mass is 9.87. The highest BCUT2D eigenvalue weighted by Crippen LogP contribution is 2.49. The molecular weight excluding hydrogens is 224 g/mol. The second kappa shape index (κ2) is 4.84. The maximum atomic E-state index is 12.6. The van der Waals surface area contributed by atoms with Gasteiger partial charge in [0.15, 0.2) is 0 Å². The van der Waals surface area contributed by atoms with Gasteiger partial charge in [-0.1, -0.05) is 6.42 Å². The van der Waals surface area contributed by atoms with Crippen molar-refractivity contribution >= 4 is 5.91 Å². The molecule has 3 heteroatoms. The molecule has 2 saturated carbocycles. The standard InChI is InChI=1S/C15H26N2O/c1-16-7-5-13(6-8-16)17(2)15(18)14-10-11-3-4-12(14)9-11/h11-14H,3-10H2,1-2H3. The number of nitrogens with zero attached hydrogens (tertiary/aromatic N) is 2. The first-order valence-electron chi connectivity index (χ1n) is 7.60. The van der Waals surface area contributed by atoms with Crippen LogP contribution in [0.3, 0.4) is 0 Å².